The van der Waals surface area contributed by atoms with Crippen LogP contribution < -0.4 is 21.2 Å². The number of rotatable bonds is 16. The van der Waals surface area contributed by atoms with Crippen molar-refractivity contribution in [3.05, 3.63) is 291 Å². The Balaban J connectivity index is 1.17. The highest BCUT2D eigenvalue weighted by atomic mass is 32.1. The summed E-state index contributed by atoms with van der Waals surface area (Å²) in [5, 5.41) is 5.28. The summed E-state index contributed by atoms with van der Waals surface area (Å²) in [6.45, 7) is 5.03. The second-order valence-corrected chi connectivity index (χ2v) is 30.5. The lowest BCUT2D eigenvalue weighted by molar-refractivity contribution is 1.33. The van der Waals surface area contributed by atoms with Gasteiger partial charge in [-0.15, -0.1) is 0 Å². The van der Waals surface area contributed by atoms with Crippen LogP contribution in [0.15, 0.2) is 291 Å². The van der Waals surface area contributed by atoms with Gasteiger partial charge < -0.3 is 0 Å². The zero-order valence-corrected chi connectivity index (χ0v) is 46.9. The van der Waals surface area contributed by atoms with Gasteiger partial charge in [0.25, 0.3) is 0 Å². The quantitative estimate of drug-likeness (QED) is 0.0905. The molecule has 0 saturated carbocycles. The maximum absolute atomic E-state index is 5.52. The van der Waals surface area contributed by atoms with Crippen LogP contribution in [-0.2, 0) is 0 Å². The van der Waals surface area contributed by atoms with Crippen molar-refractivity contribution in [2.75, 3.05) is 18.7 Å². The summed E-state index contributed by atoms with van der Waals surface area (Å²) in [6, 6.07) is 105. The molecular weight excluding hydrogens is 1010 g/mol. The average Bonchev–Trinajstić information content (AvgIpc) is 3.69. The molecular formula is C72H58N4P3+. The first kappa shape index (κ1) is 51.4. The predicted octanol–water partition coefficient (Wildman–Crippen LogP) is 17.7. The van der Waals surface area contributed by atoms with Gasteiger partial charge in [-0.05, 0) is 56.3 Å². The minimum atomic E-state index is -2.56. The Kier molecular flexibility index (Phi) is 15.4. The molecule has 0 aliphatic rings. The molecule has 4 aromatic heterocycles. The molecule has 0 aliphatic heterocycles. The molecule has 0 spiro atoms. The highest BCUT2D eigenvalue weighted by Gasteiger charge is 2.45. The van der Waals surface area contributed by atoms with Gasteiger partial charge in [-0.3, -0.25) is 0 Å². The maximum Gasteiger partial charge on any atom is 0.104 e. The van der Waals surface area contributed by atoms with E-state index < -0.39 is 22.5 Å². The molecule has 0 amide bonds. The van der Waals surface area contributed by atoms with Gasteiger partial charge in [-0.1, -0.05) is 250 Å². The molecule has 79 heavy (non-hydrogen) atoms. The lowest BCUT2D eigenvalue weighted by atomic mass is 10.1. The zero-order valence-electron chi connectivity index (χ0n) is 44.3. The molecule has 2 atom stereocenters. The molecule has 0 saturated heterocycles. The fraction of sp³-hybridized carbons (Fsp3) is 0.0556. The van der Waals surface area contributed by atoms with E-state index in [1.807, 2.05) is 0 Å². The van der Waals surface area contributed by atoms with E-state index in [9.17, 15) is 0 Å². The molecule has 0 radical (unpaired) electrons. The van der Waals surface area contributed by atoms with Gasteiger partial charge in [-0.25, -0.2) is 19.9 Å². The van der Waals surface area contributed by atoms with Crippen molar-refractivity contribution in [3.63, 3.8) is 0 Å². The smallest absolute Gasteiger partial charge is 0.104 e. The molecule has 8 aromatic carbocycles. The van der Waals surface area contributed by atoms with Crippen LogP contribution in [0, 0.1) is 0 Å². The molecule has 4 heterocycles. The molecule has 4 nitrogen and oxygen atoms in total. The minimum absolute atomic E-state index is 0.900. The minimum Gasteiger partial charge on any atom is -0.248 e. The first-order valence-electron chi connectivity index (χ1n) is 26.9. The second-order valence-electron chi connectivity index (χ2n) is 19.8. The monoisotopic (exact) mass is 1070 g/mol. The summed E-state index contributed by atoms with van der Waals surface area (Å²) in [4.78, 5) is 22.0. The van der Waals surface area contributed by atoms with Crippen molar-refractivity contribution in [1.29, 1.82) is 0 Å². The number of benzene rings is 8. The van der Waals surface area contributed by atoms with E-state index in [1.54, 1.807) is 0 Å². The predicted molar refractivity (Wildman–Crippen MR) is 341 cm³/mol. The van der Waals surface area contributed by atoms with E-state index in [2.05, 4.69) is 305 Å². The van der Waals surface area contributed by atoms with E-state index in [4.69, 9.17) is 19.9 Å². The lowest BCUT2D eigenvalue weighted by Crippen LogP contribution is -2.27. The van der Waals surface area contributed by atoms with Crippen LogP contribution in [0.4, 0.5) is 0 Å². The van der Waals surface area contributed by atoms with Crippen LogP contribution in [-0.4, -0.2) is 38.7 Å². The zero-order chi connectivity index (χ0) is 53.4. The first-order valence-corrected chi connectivity index (χ1v) is 33.1. The normalized spacial score (nSPS) is 12.2. The Morgan fingerprint density at radius 1 is 0.266 bits per heavy atom. The van der Waals surface area contributed by atoms with Gasteiger partial charge >= 0.3 is 0 Å². The summed E-state index contributed by atoms with van der Waals surface area (Å²) >= 11 is 0. The molecule has 0 bridgehead atoms. The lowest BCUT2D eigenvalue weighted by Gasteiger charge is -2.34. The fourth-order valence-corrected chi connectivity index (χ4v) is 26.4. The van der Waals surface area contributed by atoms with Crippen molar-refractivity contribution in [2.24, 2.45) is 0 Å². The fourth-order valence-electron chi connectivity index (χ4n) is 10.4. The van der Waals surface area contributed by atoms with Crippen LogP contribution in [0.3, 0.4) is 0 Å². The third-order valence-corrected chi connectivity index (χ3v) is 28.7. The van der Waals surface area contributed by atoms with Crippen LogP contribution in [0.2, 0.25) is 0 Å². The van der Waals surface area contributed by atoms with Crippen molar-refractivity contribution in [1.82, 2.24) is 19.9 Å². The van der Waals surface area contributed by atoms with Gasteiger partial charge in [0, 0.05) is 68.8 Å². The molecule has 2 unspecified atom stereocenters. The van der Waals surface area contributed by atoms with E-state index in [0.717, 1.165) is 102 Å². The van der Waals surface area contributed by atoms with Crippen LogP contribution in [0.5, 0.6) is 0 Å². The molecule has 12 rings (SSSR count). The van der Waals surface area contributed by atoms with Crippen molar-refractivity contribution < 1.29 is 0 Å². The summed E-state index contributed by atoms with van der Waals surface area (Å²) in [5.74, 6) is 0.900. The van der Waals surface area contributed by atoms with Gasteiger partial charge in [0.1, 0.15) is 10.6 Å². The largest absolute Gasteiger partial charge is 0.248 e. The van der Waals surface area contributed by atoms with E-state index in [1.165, 1.54) is 21.2 Å². The van der Waals surface area contributed by atoms with Crippen molar-refractivity contribution >= 4 is 43.7 Å². The Hall–Kier alpha value is -8.35. The van der Waals surface area contributed by atoms with E-state index in [-0.39, 0.29) is 0 Å². The van der Waals surface area contributed by atoms with E-state index in [0.29, 0.717) is 0 Å². The summed E-state index contributed by atoms with van der Waals surface area (Å²) in [5.41, 5.74) is 16.5. The number of pyridine rings is 4. The van der Waals surface area contributed by atoms with Crippen LogP contribution in [0.1, 0.15) is 6.92 Å². The van der Waals surface area contributed by atoms with Crippen molar-refractivity contribution in [3.8, 4) is 90.1 Å². The molecule has 380 valence electrons. The molecule has 0 fully saturated rings. The van der Waals surface area contributed by atoms with E-state index >= 15 is 0 Å². The average molecular weight is 1070 g/mol. The van der Waals surface area contributed by atoms with Crippen LogP contribution in [0.25, 0.3) is 90.1 Å². The molecule has 0 N–H and O–H groups in total. The highest BCUT2D eigenvalue weighted by molar-refractivity contribution is 8.38. The molecule has 0 aliphatic carbocycles. The van der Waals surface area contributed by atoms with Crippen molar-refractivity contribution in [2.45, 2.75) is 6.92 Å². The third kappa shape index (κ3) is 11.5. The SMILES string of the molecule is CCP(c1cc(-c2ccccc2)nc(-c2ccccc2)c1)P(C[P+](C)(c1cc(-c2ccccc2)nc(-c2ccccc2)c1)c1cc(-c2ccccc2)nc(-c2ccccc2)c1)c1cc(-c2ccccc2)nc(-c2ccccc2)c1. The summed E-state index contributed by atoms with van der Waals surface area (Å²) < 4.78 is 0. The number of nitrogens with zero attached hydrogens (tertiary/aromatic N) is 4. The summed E-state index contributed by atoms with van der Waals surface area (Å²) in [6.07, 6.45) is 0.957. The topological polar surface area (TPSA) is 51.6 Å². The molecule has 7 heteroatoms. The third-order valence-electron chi connectivity index (χ3n) is 14.5. The number of hydrogen-bond donors (Lipinski definition) is 0. The van der Waals surface area contributed by atoms with Gasteiger partial charge in [0.2, 0.25) is 0 Å². The Bertz CT molecular complexity index is 3610. The first-order chi connectivity index (χ1) is 39.0. The van der Waals surface area contributed by atoms with Gasteiger partial charge in [0.05, 0.1) is 65.4 Å². The highest BCUT2D eigenvalue weighted by Crippen LogP contribution is 2.75. The Labute approximate surface area is 467 Å². The summed E-state index contributed by atoms with van der Waals surface area (Å²) in [7, 11) is -4.54. The number of hydrogen-bond acceptors (Lipinski definition) is 4. The molecule has 12 aromatic rings. The second kappa shape index (κ2) is 23.7. The Morgan fingerprint density at radius 3 is 0.658 bits per heavy atom. The maximum atomic E-state index is 5.52. The van der Waals surface area contributed by atoms with Gasteiger partial charge in [-0.2, -0.15) is 0 Å². The van der Waals surface area contributed by atoms with Crippen LogP contribution >= 0.6 is 22.5 Å². The van der Waals surface area contributed by atoms with Gasteiger partial charge in [0.15, 0.2) is 0 Å². The Morgan fingerprint density at radius 2 is 0.456 bits per heavy atom. The number of aromatic nitrogens is 4. The standard InChI is InChI=1S/C72H58N4P3/c1-3-77(61-44-65(53-28-12-4-13-29-53)73-66(45-61)54-30-14-5-15-31-54)78(62-46-67(55-32-16-6-17-33-55)74-68(47-62)56-34-18-7-19-35-56)52-79(2,63-48-69(57-36-20-8-21-37-57)75-70(49-63)58-38-22-9-23-39-58)64-50-71(59-40-24-10-25-41-59)76-72(51-64)60-42-26-11-27-43-60/h4-51H,3,52H2,1-2H3/q+1.